The lowest BCUT2D eigenvalue weighted by Gasteiger charge is -1.97. The maximum Gasteiger partial charge on any atom is 0.0931 e. The van der Waals surface area contributed by atoms with Gasteiger partial charge in [0.15, 0.2) is 0 Å². The molecule has 1 aromatic rings. The second kappa shape index (κ2) is 2.23. The first-order valence-corrected chi connectivity index (χ1v) is 4.63. The molecule has 3 heteroatoms. The van der Waals surface area contributed by atoms with Crippen LogP contribution in [0.2, 0.25) is 4.34 Å². The van der Waals surface area contributed by atoms with Crippen molar-refractivity contribution in [2.24, 2.45) is 0 Å². The standard InChI is InChI=1S/C8H6ClNS/c9-7-2-1-6(11-7)8(5-10)3-4-8/h1-2H,3-4H2. The van der Waals surface area contributed by atoms with Gasteiger partial charge in [0.1, 0.15) is 0 Å². The molecular weight excluding hydrogens is 178 g/mol. The summed E-state index contributed by atoms with van der Waals surface area (Å²) >= 11 is 7.29. The van der Waals surface area contributed by atoms with Crippen LogP contribution in [0.1, 0.15) is 17.7 Å². The Hall–Kier alpha value is -0.520. The molecule has 0 saturated heterocycles. The van der Waals surface area contributed by atoms with Crippen LogP contribution in [0, 0.1) is 11.3 Å². The molecule has 2 rings (SSSR count). The monoisotopic (exact) mass is 183 g/mol. The smallest absolute Gasteiger partial charge is 0.0931 e. The summed E-state index contributed by atoms with van der Waals surface area (Å²) < 4.78 is 0.779. The second-order valence-corrected chi connectivity index (χ2v) is 4.51. The van der Waals surface area contributed by atoms with E-state index in [1.54, 1.807) is 0 Å². The Morgan fingerprint density at radius 1 is 1.55 bits per heavy atom. The normalized spacial score (nSPS) is 19.3. The second-order valence-electron chi connectivity index (χ2n) is 2.80. The fourth-order valence-corrected chi connectivity index (χ4v) is 2.35. The van der Waals surface area contributed by atoms with Gasteiger partial charge >= 0.3 is 0 Å². The summed E-state index contributed by atoms with van der Waals surface area (Å²) in [4.78, 5) is 1.13. The first-order chi connectivity index (χ1) is 5.27. The average Bonchev–Trinajstić information content (AvgIpc) is 2.70. The molecule has 1 saturated carbocycles. The van der Waals surface area contributed by atoms with Crippen molar-refractivity contribution in [2.45, 2.75) is 18.3 Å². The highest BCUT2D eigenvalue weighted by Gasteiger charge is 2.45. The molecule has 1 aliphatic carbocycles. The summed E-state index contributed by atoms with van der Waals surface area (Å²) in [6.45, 7) is 0. The van der Waals surface area contributed by atoms with Gasteiger partial charge in [0, 0.05) is 4.88 Å². The van der Waals surface area contributed by atoms with Gasteiger partial charge in [-0.1, -0.05) is 11.6 Å². The van der Waals surface area contributed by atoms with E-state index in [-0.39, 0.29) is 5.41 Å². The number of halogens is 1. The van der Waals surface area contributed by atoms with E-state index in [2.05, 4.69) is 6.07 Å². The largest absolute Gasteiger partial charge is 0.197 e. The molecule has 0 aliphatic heterocycles. The topological polar surface area (TPSA) is 23.8 Å². The lowest BCUT2D eigenvalue weighted by molar-refractivity contribution is 0.937. The number of rotatable bonds is 1. The Bertz CT molecular complexity index is 319. The molecule has 1 aromatic heterocycles. The van der Waals surface area contributed by atoms with Crippen molar-refractivity contribution in [2.75, 3.05) is 0 Å². The molecule has 0 N–H and O–H groups in total. The molecule has 0 radical (unpaired) electrons. The Labute approximate surface area is 74.2 Å². The predicted molar refractivity (Wildman–Crippen MR) is 45.9 cm³/mol. The van der Waals surface area contributed by atoms with Crippen LogP contribution in [0.15, 0.2) is 12.1 Å². The molecule has 0 unspecified atom stereocenters. The van der Waals surface area contributed by atoms with E-state index < -0.39 is 0 Å². The number of nitrogens with zero attached hydrogens (tertiary/aromatic N) is 1. The van der Waals surface area contributed by atoms with E-state index in [1.165, 1.54) is 11.3 Å². The number of hydrogen-bond donors (Lipinski definition) is 0. The third-order valence-corrected chi connectivity index (χ3v) is 3.44. The molecule has 0 amide bonds. The Kier molecular flexibility index (Phi) is 1.45. The number of nitriles is 1. The van der Waals surface area contributed by atoms with Crippen LogP contribution >= 0.6 is 22.9 Å². The zero-order valence-corrected chi connectivity index (χ0v) is 7.37. The zero-order valence-electron chi connectivity index (χ0n) is 5.80. The Balaban J connectivity index is 2.38. The van der Waals surface area contributed by atoms with Crippen LogP contribution < -0.4 is 0 Å². The van der Waals surface area contributed by atoms with Gasteiger partial charge in [-0.25, -0.2) is 0 Å². The van der Waals surface area contributed by atoms with Gasteiger partial charge < -0.3 is 0 Å². The van der Waals surface area contributed by atoms with Gasteiger partial charge in [-0.3, -0.25) is 0 Å². The van der Waals surface area contributed by atoms with Crippen molar-refractivity contribution in [3.05, 3.63) is 21.3 Å². The maximum absolute atomic E-state index is 8.83. The van der Waals surface area contributed by atoms with E-state index in [0.29, 0.717) is 0 Å². The maximum atomic E-state index is 8.83. The van der Waals surface area contributed by atoms with Gasteiger partial charge in [-0.2, -0.15) is 5.26 Å². The quantitative estimate of drug-likeness (QED) is 0.657. The fraction of sp³-hybridized carbons (Fsp3) is 0.375. The van der Waals surface area contributed by atoms with Crippen LogP contribution in [0.5, 0.6) is 0 Å². The molecule has 1 aliphatic rings. The van der Waals surface area contributed by atoms with Gasteiger partial charge in [-0.15, -0.1) is 11.3 Å². The summed E-state index contributed by atoms with van der Waals surface area (Å²) in [6, 6.07) is 6.16. The SMILES string of the molecule is N#CC1(c2ccc(Cl)s2)CC1. The third kappa shape index (κ3) is 1.05. The minimum atomic E-state index is -0.155. The molecule has 0 atom stereocenters. The first-order valence-electron chi connectivity index (χ1n) is 3.44. The minimum absolute atomic E-state index is 0.155. The van der Waals surface area contributed by atoms with Crippen LogP contribution in [0.4, 0.5) is 0 Å². The first kappa shape index (κ1) is 7.15. The molecule has 1 heterocycles. The highest BCUT2D eigenvalue weighted by molar-refractivity contribution is 7.16. The number of thiophene rings is 1. The fourth-order valence-electron chi connectivity index (χ4n) is 1.11. The van der Waals surface area contributed by atoms with Crippen molar-refractivity contribution < 1.29 is 0 Å². The molecule has 0 spiro atoms. The highest BCUT2D eigenvalue weighted by atomic mass is 35.5. The molecule has 0 bridgehead atoms. The Morgan fingerprint density at radius 2 is 2.27 bits per heavy atom. The van der Waals surface area contributed by atoms with E-state index in [4.69, 9.17) is 16.9 Å². The Morgan fingerprint density at radius 3 is 2.64 bits per heavy atom. The lowest BCUT2D eigenvalue weighted by Crippen LogP contribution is -1.97. The van der Waals surface area contributed by atoms with Gasteiger partial charge in [0.05, 0.1) is 15.8 Å². The molecule has 56 valence electrons. The molecule has 1 fully saturated rings. The summed E-state index contributed by atoms with van der Waals surface area (Å²) in [5.41, 5.74) is -0.155. The molecular formula is C8H6ClNS. The predicted octanol–water partition coefficient (Wildman–Crippen LogP) is 2.96. The van der Waals surface area contributed by atoms with E-state index in [0.717, 1.165) is 22.1 Å². The van der Waals surface area contributed by atoms with Crippen LogP contribution in [-0.4, -0.2) is 0 Å². The lowest BCUT2D eigenvalue weighted by atomic mass is 10.1. The average molecular weight is 184 g/mol. The third-order valence-electron chi connectivity index (χ3n) is 2.01. The van der Waals surface area contributed by atoms with Gasteiger partial charge in [0.25, 0.3) is 0 Å². The summed E-state index contributed by atoms with van der Waals surface area (Å²) in [6.07, 6.45) is 2.00. The van der Waals surface area contributed by atoms with Gasteiger partial charge in [0.2, 0.25) is 0 Å². The van der Waals surface area contributed by atoms with Crippen molar-refractivity contribution in [3.8, 4) is 6.07 Å². The van der Waals surface area contributed by atoms with Crippen LogP contribution in [0.3, 0.4) is 0 Å². The molecule has 0 aromatic carbocycles. The molecule has 1 nitrogen and oxygen atoms in total. The molecule has 11 heavy (non-hydrogen) atoms. The summed E-state index contributed by atoms with van der Waals surface area (Å²) in [7, 11) is 0. The highest BCUT2D eigenvalue weighted by Crippen LogP contribution is 2.50. The minimum Gasteiger partial charge on any atom is -0.197 e. The van der Waals surface area contributed by atoms with Crippen molar-refractivity contribution in [3.63, 3.8) is 0 Å². The van der Waals surface area contributed by atoms with Crippen molar-refractivity contribution >= 4 is 22.9 Å². The summed E-state index contributed by atoms with van der Waals surface area (Å²) in [5, 5.41) is 8.83. The van der Waals surface area contributed by atoms with Crippen molar-refractivity contribution in [1.29, 1.82) is 5.26 Å². The number of hydrogen-bond acceptors (Lipinski definition) is 2. The van der Waals surface area contributed by atoms with Crippen molar-refractivity contribution in [1.82, 2.24) is 0 Å². The van der Waals surface area contributed by atoms with Crippen LogP contribution in [-0.2, 0) is 5.41 Å². The van der Waals surface area contributed by atoms with E-state index in [9.17, 15) is 0 Å². The zero-order chi connectivity index (χ0) is 7.90. The van der Waals surface area contributed by atoms with E-state index in [1.807, 2.05) is 12.1 Å². The van der Waals surface area contributed by atoms with Gasteiger partial charge in [-0.05, 0) is 25.0 Å². The van der Waals surface area contributed by atoms with E-state index >= 15 is 0 Å². The van der Waals surface area contributed by atoms with Crippen LogP contribution in [0.25, 0.3) is 0 Å². The summed E-state index contributed by atoms with van der Waals surface area (Å²) in [5.74, 6) is 0.